The number of halogens is 3. The lowest BCUT2D eigenvalue weighted by Crippen LogP contribution is -2.15. The summed E-state index contributed by atoms with van der Waals surface area (Å²) in [6.07, 6.45) is -3.08. The van der Waals surface area contributed by atoms with Crippen molar-refractivity contribution in [3.63, 3.8) is 0 Å². The number of hydrogen-bond donors (Lipinski definition) is 0. The summed E-state index contributed by atoms with van der Waals surface area (Å²) >= 11 is 1.02. The fourth-order valence-corrected chi connectivity index (χ4v) is 3.23. The minimum Gasteiger partial charge on any atom is -0.468 e. The highest BCUT2D eigenvalue weighted by Gasteiger charge is 2.31. The number of hydrogen-bond acceptors (Lipinski definition) is 6. The first-order valence-electron chi connectivity index (χ1n) is 7.72. The number of carbonyl (C=O) groups is 1. The van der Waals surface area contributed by atoms with Crippen LogP contribution >= 0.6 is 11.8 Å². The summed E-state index contributed by atoms with van der Waals surface area (Å²) in [5.41, 5.74) is -0.614. The molecule has 0 N–H and O–H groups in total. The van der Waals surface area contributed by atoms with Gasteiger partial charge in [-0.25, -0.2) is 0 Å². The third kappa shape index (κ3) is 4.00. The van der Waals surface area contributed by atoms with Crippen molar-refractivity contribution in [2.24, 2.45) is 0 Å². The highest BCUT2D eigenvalue weighted by molar-refractivity contribution is 8.00. The number of alkyl halides is 3. The van der Waals surface area contributed by atoms with Gasteiger partial charge in [-0.15, -0.1) is 10.2 Å². The third-order valence-corrected chi connectivity index (χ3v) is 4.64. The molecule has 2 aromatic heterocycles. The van der Waals surface area contributed by atoms with E-state index < -0.39 is 23.0 Å². The van der Waals surface area contributed by atoms with Gasteiger partial charge in [0.1, 0.15) is 5.25 Å². The first-order valence-corrected chi connectivity index (χ1v) is 8.60. The summed E-state index contributed by atoms with van der Waals surface area (Å²) in [6.45, 7) is 1.61. The molecule has 0 radical (unpaired) electrons. The van der Waals surface area contributed by atoms with Crippen molar-refractivity contribution in [3.8, 4) is 17.3 Å². The zero-order valence-electron chi connectivity index (χ0n) is 14.2. The van der Waals surface area contributed by atoms with Gasteiger partial charge in [0.05, 0.1) is 24.6 Å². The second-order valence-electron chi connectivity index (χ2n) is 5.45. The van der Waals surface area contributed by atoms with Gasteiger partial charge < -0.3 is 9.15 Å². The van der Waals surface area contributed by atoms with Crippen molar-refractivity contribution >= 4 is 17.7 Å². The quantitative estimate of drug-likeness (QED) is 0.475. The maximum atomic E-state index is 13.1. The number of ether oxygens (including phenoxy) is 1. The molecule has 0 saturated carbocycles. The van der Waals surface area contributed by atoms with Crippen LogP contribution in [0, 0.1) is 0 Å². The molecule has 6 nitrogen and oxygen atoms in total. The van der Waals surface area contributed by atoms with Gasteiger partial charge in [0, 0.05) is 0 Å². The molecule has 1 aromatic carbocycles. The standard InChI is InChI=1S/C17H14F3N3O3S/c1-10(15(24)25-2)27-16-22-21-14(13-7-4-8-26-13)23(16)12-6-3-5-11(9-12)17(18,19)20/h3-10H,1-2H3/t10-/m0/s1. The Balaban J connectivity index is 2.11. The van der Waals surface area contributed by atoms with Gasteiger partial charge in [-0.3, -0.25) is 9.36 Å². The minimum absolute atomic E-state index is 0.195. The molecule has 2 heterocycles. The van der Waals surface area contributed by atoms with E-state index in [2.05, 4.69) is 14.9 Å². The van der Waals surface area contributed by atoms with Gasteiger partial charge in [0.15, 0.2) is 10.9 Å². The van der Waals surface area contributed by atoms with E-state index in [-0.39, 0.29) is 16.7 Å². The van der Waals surface area contributed by atoms with Crippen LogP contribution < -0.4 is 0 Å². The number of furan rings is 1. The number of benzene rings is 1. The van der Waals surface area contributed by atoms with Crippen molar-refractivity contribution in [1.29, 1.82) is 0 Å². The Kier molecular flexibility index (Phi) is 5.26. The number of methoxy groups -OCH3 is 1. The van der Waals surface area contributed by atoms with Crippen molar-refractivity contribution < 1.29 is 27.1 Å². The molecular formula is C17H14F3N3O3S. The Bertz CT molecular complexity index is 939. The van der Waals surface area contributed by atoms with E-state index in [1.807, 2.05) is 0 Å². The second-order valence-corrected chi connectivity index (χ2v) is 6.76. The van der Waals surface area contributed by atoms with Gasteiger partial charge in [0.25, 0.3) is 0 Å². The van der Waals surface area contributed by atoms with E-state index in [9.17, 15) is 18.0 Å². The molecule has 0 spiro atoms. The Morgan fingerprint density at radius 2 is 2.04 bits per heavy atom. The highest BCUT2D eigenvalue weighted by Crippen LogP contribution is 2.34. The molecule has 0 bridgehead atoms. The number of carbonyl (C=O) groups excluding carboxylic acids is 1. The highest BCUT2D eigenvalue weighted by atomic mass is 32.2. The lowest BCUT2D eigenvalue weighted by atomic mass is 10.2. The lowest BCUT2D eigenvalue weighted by Gasteiger charge is -2.13. The second kappa shape index (κ2) is 7.47. The van der Waals surface area contributed by atoms with E-state index in [1.54, 1.807) is 19.1 Å². The van der Waals surface area contributed by atoms with Crippen LogP contribution in [0.2, 0.25) is 0 Å². The van der Waals surface area contributed by atoms with Gasteiger partial charge in [-0.2, -0.15) is 13.2 Å². The van der Waals surface area contributed by atoms with Crippen molar-refractivity contribution in [1.82, 2.24) is 14.8 Å². The first-order chi connectivity index (χ1) is 12.8. The maximum Gasteiger partial charge on any atom is 0.416 e. The van der Waals surface area contributed by atoms with E-state index in [0.717, 1.165) is 23.9 Å². The molecule has 10 heteroatoms. The molecule has 142 valence electrons. The SMILES string of the molecule is COC(=O)[C@H](C)Sc1nnc(-c2ccco2)n1-c1cccc(C(F)(F)F)c1. The normalized spacial score (nSPS) is 12.8. The van der Waals surface area contributed by atoms with Crippen LogP contribution in [0.5, 0.6) is 0 Å². The topological polar surface area (TPSA) is 70.2 Å². The Hall–Kier alpha value is -2.75. The molecule has 1 atom stereocenters. The van der Waals surface area contributed by atoms with E-state index in [1.165, 1.54) is 30.1 Å². The number of thioether (sulfide) groups is 1. The summed E-state index contributed by atoms with van der Waals surface area (Å²) in [7, 11) is 1.26. The minimum atomic E-state index is -4.50. The van der Waals surface area contributed by atoms with Crippen LogP contribution in [0.3, 0.4) is 0 Å². The predicted molar refractivity (Wildman–Crippen MR) is 91.4 cm³/mol. The van der Waals surface area contributed by atoms with Crippen LogP contribution in [0.15, 0.2) is 52.2 Å². The molecule has 0 aliphatic rings. The fourth-order valence-electron chi connectivity index (χ4n) is 2.34. The Morgan fingerprint density at radius 1 is 1.26 bits per heavy atom. The molecule has 0 saturated heterocycles. The summed E-state index contributed by atoms with van der Waals surface area (Å²) in [5, 5.41) is 7.66. The molecule has 27 heavy (non-hydrogen) atoms. The summed E-state index contributed by atoms with van der Waals surface area (Å²) in [4.78, 5) is 11.7. The predicted octanol–water partition coefficient (Wildman–Crippen LogP) is 4.20. The maximum absolute atomic E-state index is 13.1. The third-order valence-electron chi connectivity index (χ3n) is 3.62. The van der Waals surface area contributed by atoms with Crippen molar-refractivity contribution in [2.75, 3.05) is 7.11 Å². The Labute approximate surface area is 156 Å². The average Bonchev–Trinajstić information content (AvgIpc) is 3.29. The largest absolute Gasteiger partial charge is 0.468 e. The fraction of sp³-hybridized carbons (Fsp3) is 0.235. The zero-order valence-corrected chi connectivity index (χ0v) is 15.0. The van der Waals surface area contributed by atoms with Crippen LogP contribution in [0.4, 0.5) is 13.2 Å². The Morgan fingerprint density at radius 3 is 2.67 bits per heavy atom. The first kappa shape index (κ1) is 19.0. The molecule has 0 aliphatic heterocycles. The summed E-state index contributed by atoms with van der Waals surface area (Å²) < 4.78 is 50.8. The van der Waals surface area contributed by atoms with Crippen LogP contribution in [0.25, 0.3) is 17.3 Å². The van der Waals surface area contributed by atoms with Gasteiger partial charge >= 0.3 is 12.1 Å². The number of nitrogens with zero attached hydrogens (tertiary/aromatic N) is 3. The molecule has 3 rings (SSSR count). The molecular weight excluding hydrogens is 383 g/mol. The van der Waals surface area contributed by atoms with E-state index >= 15 is 0 Å². The monoisotopic (exact) mass is 397 g/mol. The lowest BCUT2D eigenvalue weighted by molar-refractivity contribution is -0.139. The van der Waals surface area contributed by atoms with Crippen molar-refractivity contribution in [2.45, 2.75) is 23.5 Å². The number of aromatic nitrogens is 3. The van der Waals surface area contributed by atoms with Crippen molar-refractivity contribution in [3.05, 3.63) is 48.2 Å². The van der Waals surface area contributed by atoms with Gasteiger partial charge in [0.2, 0.25) is 5.82 Å². The molecule has 3 aromatic rings. The van der Waals surface area contributed by atoms with E-state index in [0.29, 0.717) is 5.76 Å². The van der Waals surface area contributed by atoms with Gasteiger partial charge in [-0.05, 0) is 37.3 Å². The molecule has 0 amide bonds. The summed E-state index contributed by atoms with van der Waals surface area (Å²) in [5.74, 6) is 0.0644. The molecule has 0 fully saturated rings. The van der Waals surface area contributed by atoms with Crippen LogP contribution in [-0.4, -0.2) is 33.1 Å². The zero-order chi connectivity index (χ0) is 19.6. The number of rotatable bonds is 5. The number of esters is 1. The molecule has 0 aliphatic carbocycles. The van der Waals surface area contributed by atoms with E-state index in [4.69, 9.17) is 4.42 Å². The molecule has 0 unspecified atom stereocenters. The van der Waals surface area contributed by atoms with Crippen LogP contribution in [-0.2, 0) is 15.7 Å². The van der Waals surface area contributed by atoms with Gasteiger partial charge in [-0.1, -0.05) is 17.8 Å². The average molecular weight is 397 g/mol. The summed E-state index contributed by atoms with van der Waals surface area (Å²) in [6, 6.07) is 8.00. The van der Waals surface area contributed by atoms with Crippen LogP contribution in [0.1, 0.15) is 12.5 Å². The smallest absolute Gasteiger partial charge is 0.416 e.